The van der Waals surface area contributed by atoms with Crippen molar-refractivity contribution in [3.63, 3.8) is 0 Å². The Balaban J connectivity index is 1.38. The van der Waals surface area contributed by atoms with Gasteiger partial charge in [0.05, 0.1) is 11.3 Å². The molecule has 2 aliphatic rings. The van der Waals surface area contributed by atoms with E-state index in [0.29, 0.717) is 6.54 Å². The fourth-order valence-corrected chi connectivity index (χ4v) is 4.67. The Morgan fingerprint density at radius 1 is 1.19 bits per heavy atom. The summed E-state index contributed by atoms with van der Waals surface area (Å²) in [5.74, 6) is 1.20. The molecule has 138 valence electrons. The number of benzene rings is 2. The van der Waals surface area contributed by atoms with Gasteiger partial charge in [0, 0.05) is 17.6 Å². The van der Waals surface area contributed by atoms with Crippen LogP contribution in [0.25, 0.3) is 11.1 Å². The summed E-state index contributed by atoms with van der Waals surface area (Å²) < 4.78 is 7.01. The smallest absolute Gasteiger partial charge is 0.233 e. The minimum absolute atomic E-state index is 0.174. The molecular formula is C22H21BrN2O2. The molecule has 1 aliphatic carbocycles. The Labute approximate surface area is 166 Å². The van der Waals surface area contributed by atoms with Crippen molar-refractivity contribution in [2.75, 3.05) is 13.1 Å². The average molecular weight is 425 g/mol. The molecule has 1 unspecified atom stereocenters. The number of hydrogen-bond donors (Lipinski definition) is 0. The maximum Gasteiger partial charge on any atom is 0.233 e. The Hall–Kier alpha value is -2.14. The molecule has 1 saturated carbocycles. The second-order valence-electron chi connectivity index (χ2n) is 7.70. The van der Waals surface area contributed by atoms with Crippen LogP contribution in [0.3, 0.4) is 0 Å². The van der Waals surface area contributed by atoms with Gasteiger partial charge in [-0.15, -0.1) is 0 Å². The first-order valence-electron chi connectivity index (χ1n) is 9.57. The Morgan fingerprint density at radius 3 is 2.81 bits per heavy atom. The highest BCUT2D eigenvalue weighted by atomic mass is 79.9. The van der Waals surface area contributed by atoms with Crippen molar-refractivity contribution in [3.05, 3.63) is 64.5 Å². The number of piperidine rings is 1. The van der Waals surface area contributed by atoms with E-state index in [1.807, 2.05) is 41.3 Å². The molecule has 1 amide bonds. The topological polar surface area (TPSA) is 46.3 Å². The highest BCUT2D eigenvalue weighted by molar-refractivity contribution is 9.10. The number of aromatic nitrogens is 1. The summed E-state index contributed by atoms with van der Waals surface area (Å²) in [6.07, 6.45) is 3.88. The third-order valence-corrected chi connectivity index (χ3v) is 6.40. The number of hydrogen-bond acceptors (Lipinski definition) is 3. The van der Waals surface area contributed by atoms with E-state index in [1.54, 1.807) is 0 Å². The number of oxazole rings is 1. The van der Waals surface area contributed by atoms with E-state index in [9.17, 15) is 4.79 Å². The van der Waals surface area contributed by atoms with E-state index in [4.69, 9.17) is 4.42 Å². The SMILES string of the molecule is O=C(N1CCCC(c2nc3ccccc3o2)C1)C1(c2cccc(Br)c2)CC1. The molecule has 5 rings (SSSR count). The van der Waals surface area contributed by atoms with Gasteiger partial charge in [-0.05, 0) is 55.5 Å². The van der Waals surface area contributed by atoms with Crippen LogP contribution in [0, 0.1) is 0 Å². The predicted octanol–water partition coefficient (Wildman–Crippen LogP) is 5.03. The van der Waals surface area contributed by atoms with E-state index in [2.05, 4.69) is 33.0 Å². The predicted molar refractivity (Wildman–Crippen MR) is 108 cm³/mol. The Morgan fingerprint density at radius 2 is 2.04 bits per heavy atom. The van der Waals surface area contributed by atoms with Crippen LogP contribution < -0.4 is 0 Å². The number of carbonyl (C=O) groups excluding carboxylic acids is 1. The lowest BCUT2D eigenvalue weighted by atomic mass is 9.91. The molecule has 0 spiro atoms. The lowest BCUT2D eigenvalue weighted by Gasteiger charge is -2.34. The monoisotopic (exact) mass is 424 g/mol. The van der Waals surface area contributed by atoms with Crippen molar-refractivity contribution in [2.24, 2.45) is 0 Å². The summed E-state index contributed by atoms with van der Waals surface area (Å²) >= 11 is 3.54. The molecule has 27 heavy (non-hydrogen) atoms. The van der Waals surface area contributed by atoms with Gasteiger partial charge in [0.1, 0.15) is 5.52 Å². The first-order chi connectivity index (χ1) is 13.2. The number of likely N-dealkylation sites (tertiary alicyclic amines) is 1. The lowest BCUT2D eigenvalue weighted by molar-refractivity contribution is -0.135. The molecule has 0 radical (unpaired) electrons. The normalized spacial score (nSPS) is 21.4. The molecule has 1 aliphatic heterocycles. The van der Waals surface area contributed by atoms with Crippen LogP contribution in [0.15, 0.2) is 57.4 Å². The highest BCUT2D eigenvalue weighted by Gasteiger charge is 2.53. The number of nitrogens with zero attached hydrogens (tertiary/aromatic N) is 2. The Bertz CT molecular complexity index is 975. The maximum atomic E-state index is 13.4. The average Bonchev–Trinajstić information content (AvgIpc) is 3.40. The number of para-hydroxylation sites is 2. The van der Waals surface area contributed by atoms with Gasteiger partial charge >= 0.3 is 0 Å². The van der Waals surface area contributed by atoms with Gasteiger partial charge < -0.3 is 9.32 Å². The molecule has 5 heteroatoms. The summed E-state index contributed by atoms with van der Waals surface area (Å²) in [6.45, 7) is 1.52. The first kappa shape index (κ1) is 17.0. The van der Waals surface area contributed by atoms with Gasteiger partial charge in [-0.3, -0.25) is 4.79 Å². The molecule has 2 heterocycles. The van der Waals surface area contributed by atoms with Crippen molar-refractivity contribution in [2.45, 2.75) is 37.0 Å². The second kappa shape index (κ2) is 6.48. The quantitative estimate of drug-likeness (QED) is 0.592. The molecule has 3 aromatic rings. The summed E-state index contributed by atoms with van der Waals surface area (Å²) in [7, 11) is 0. The third-order valence-electron chi connectivity index (χ3n) is 5.90. The van der Waals surface area contributed by atoms with E-state index >= 15 is 0 Å². The first-order valence-corrected chi connectivity index (χ1v) is 10.4. The van der Waals surface area contributed by atoms with Crippen LogP contribution in [-0.4, -0.2) is 28.9 Å². The number of halogens is 1. The zero-order chi connectivity index (χ0) is 18.4. The summed E-state index contributed by atoms with van der Waals surface area (Å²) in [4.78, 5) is 20.1. The number of rotatable bonds is 3. The summed E-state index contributed by atoms with van der Waals surface area (Å²) in [5, 5.41) is 0. The van der Waals surface area contributed by atoms with Gasteiger partial charge in [-0.25, -0.2) is 4.98 Å². The van der Waals surface area contributed by atoms with Crippen molar-refractivity contribution < 1.29 is 9.21 Å². The van der Waals surface area contributed by atoms with E-state index in [-0.39, 0.29) is 17.2 Å². The summed E-state index contributed by atoms with van der Waals surface area (Å²) in [5.41, 5.74) is 2.52. The van der Waals surface area contributed by atoms with Gasteiger partial charge in [-0.2, -0.15) is 0 Å². The minimum Gasteiger partial charge on any atom is -0.440 e. The van der Waals surface area contributed by atoms with E-state index < -0.39 is 0 Å². The maximum absolute atomic E-state index is 13.4. The molecular weight excluding hydrogens is 404 g/mol. The molecule has 2 aromatic carbocycles. The minimum atomic E-state index is -0.326. The largest absolute Gasteiger partial charge is 0.440 e. The molecule has 4 nitrogen and oxygen atoms in total. The zero-order valence-corrected chi connectivity index (χ0v) is 16.6. The number of fused-ring (bicyclic) bond motifs is 1. The zero-order valence-electron chi connectivity index (χ0n) is 15.0. The van der Waals surface area contributed by atoms with Crippen LogP contribution in [0.1, 0.15) is 43.1 Å². The van der Waals surface area contributed by atoms with E-state index in [0.717, 1.165) is 59.3 Å². The van der Waals surface area contributed by atoms with Crippen LogP contribution in [0.5, 0.6) is 0 Å². The van der Waals surface area contributed by atoms with Gasteiger partial charge in [0.25, 0.3) is 0 Å². The lowest BCUT2D eigenvalue weighted by Crippen LogP contribution is -2.44. The van der Waals surface area contributed by atoms with E-state index in [1.165, 1.54) is 0 Å². The van der Waals surface area contributed by atoms with Gasteiger partial charge in [-0.1, -0.05) is 40.2 Å². The molecule has 2 fully saturated rings. The van der Waals surface area contributed by atoms with Crippen LogP contribution in [0.4, 0.5) is 0 Å². The van der Waals surface area contributed by atoms with Crippen molar-refractivity contribution >= 4 is 32.9 Å². The number of carbonyl (C=O) groups is 1. The molecule has 0 N–H and O–H groups in total. The standard InChI is InChI=1S/C22H21BrN2O2/c23-17-7-3-6-16(13-17)22(10-11-22)21(26)25-12-4-5-15(14-25)20-24-18-8-1-2-9-19(18)27-20/h1-3,6-9,13,15H,4-5,10-12,14H2. The molecule has 1 atom stereocenters. The molecule has 0 bridgehead atoms. The number of amides is 1. The molecule has 1 saturated heterocycles. The van der Waals surface area contributed by atoms with Crippen molar-refractivity contribution in [1.82, 2.24) is 9.88 Å². The van der Waals surface area contributed by atoms with Gasteiger partial charge in [0.15, 0.2) is 11.5 Å². The fourth-order valence-electron chi connectivity index (χ4n) is 4.27. The van der Waals surface area contributed by atoms with Crippen molar-refractivity contribution in [3.8, 4) is 0 Å². The molecule has 1 aromatic heterocycles. The highest BCUT2D eigenvalue weighted by Crippen LogP contribution is 2.50. The summed E-state index contributed by atoms with van der Waals surface area (Å²) in [6, 6.07) is 16.1. The second-order valence-corrected chi connectivity index (χ2v) is 8.62. The van der Waals surface area contributed by atoms with Crippen LogP contribution in [-0.2, 0) is 10.2 Å². The van der Waals surface area contributed by atoms with Crippen molar-refractivity contribution in [1.29, 1.82) is 0 Å². The van der Waals surface area contributed by atoms with Crippen LogP contribution in [0.2, 0.25) is 0 Å². The third kappa shape index (κ3) is 2.98. The van der Waals surface area contributed by atoms with Crippen LogP contribution >= 0.6 is 15.9 Å². The van der Waals surface area contributed by atoms with Gasteiger partial charge in [0.2, 0.25) is 5.91 Å². The Kier molecular flexibility index (Phi) is 4.08. The fraction of sp³-hybridized carbons (Fsp3) is 0.364.